The van der Waals surface area contributed by atoms with Gasteiger partial charge in [-0.2, -0.15) is 0 Å². The zero-order valence-electron chi connectivity index (χ0n) is 9.33. The maximum absolute atomic E-state index is 11.4. The molecule has 1 saturated heterocycles. The van der Waals surface area contributed by atoms with Gasteiger partial charge in [0.2, 0.25) is 0 Å². The zero-order chi connectivity index (χ0) is 10.9. The Kier molecular flexibility index (Phi) is 2.98. The van der Waals surface area contributed by atoms with E-state index in [1.54, 1.807) is 0 Å². The first kappa shape index (κ1) is 10.9. The Hall–Kier alpha value is -0.610. The van der Waals surface area contributed by atoms with Gasteiger partial charge in [0.05, 0.1) is 0 Å². The van der Waals surface area contributed by atoms with Crippen molar-refractivity contribution in [3.63, 3.8) is 0 Å². The molecule has 2 N–H and O–H groups in total. The lowest BCUT2D eigenvalue weighted by Crippen LogP contribution is -2.59. The Morgan fingerprint density at radius 2 is 2.07 bits per heavy atom. The van der Waals surface area contributed by atoms with Crippen LogP contribution in [0.2, 0.25) is 0 Å². The lowest BCUT2D eigenvalue weighted by Gasteiger charge is -2.39. The van der Waals surface area contributed by atoms with E-state index in [-0.39, 0.29) is 0 Å². The molecule has 2 fully saturated rings. The second-order valence-electron chi connectivity index (χ2n) is 4.74. The Bertz CT molecular complexity index is 243. The van der Waals surface area contributed by atoms with Gasteiger partial charge in [-0.15, -0.1) is 0 Å². The van der Waals surface area contributed by atoms with Crippen molar-refractivity contribution in [1.29, 1.82) is 0 Å². The fourth-order valence-electron chi connectivity index (χ4n) is 2.29. The van der Waals surface area contributed by atoms with Crippen LogP contribution in [0.5, 0.6) is 0 Å². The van der Waals surface area contributed by atoms with Crippen molar-refractivity contribution >= 4 is 5.97 Å². The number of hydrogen-bond donors (Lipinski definition) is 2. The minimum atomic E-state index is -0.662. The smallest absolute Gasteiger partial charge is 0.324 e. The number of nitrogens with zero attached hydrogens (tertiary/aromatic N) is 1. The van der Waals surface area contributed by atoms with E-state index in [1.165, 1.54) is 0 Å². The predicted molar refractivity (Wildman–Crippen MR) is 57.9 cm³/mol. The summed E-state index contributed by atoms with van der Waals surface area (Å²) < 4.78 is 0. The molecule has 0 bridgehead atoms. The van der Waals surface area contributed by atoms with Gasteiger partial charge < -0.3 is 10.0 Å². The predicted octanol–water partition coefficient (Wildman–Crippen LogP) is 0.677. The Labute approximate surface area is 90.6 Å². The highest BCUT2D eigenvalue weighted by molar-refractivity contribution is 5.79. The standard InChI is InChI=1S/C11H20N2O2/c1-2-13-7-5-11(6-8-13,10(14)15)12-9-3-4-9/h9,12H,2-8H2,1H3,(H,14,15). The third-order valence-electron chi connectivity index (χ3n) is 3.62. The highest BCUT2D eigenvalue weighted by Crippen LogP contribution is 2.29. The number of nitrogens with one attached hydrogen (secondary N) is 1. The van der Waals surface area contributed by atoms with Crippen molar-refractivity contribution in [1.82, 2.24) is 10.2 Å². The van der Waals surface area contributed by atoms with E-state index in [0.717, 1.165) is 45.3 Å². The number of hydrogen-bond acceptors (Lipinski definition) is 3. The van der Waals surface area contributed by atoms with Crippen LogP contribution < -0.4 is 5.32 Å². The Morgan fingerprint density at radius 3 is 2.47 bits per heavy atom. The van der Waals surface area contributed by atoms with Crippen LogP contribution in [0.1, 0.15) is 32.6 Å². The topological polar surface area (TPSA) is 52.6 Å². The first-order valence-electron chi connectivity index (χ1n) is 5.90. The summed E-state index contributed by atoms with van der Waals surface area (Å²) in [4.78, 5) is 13.7. The van der Waals surface area contributed by atoms with Crippen molar-refractivity contribution in [3.05, 3.63) is 0 Å². The van der Waals surface area contributed by atoms with Crippen LogP contribution in [0.3, 0.4) is 0 Å². The van der Waals surface area contributed by atoms with Gasteiger partial charge in [-0.3, -0.25) is 10.1 Å². The average Bonchev–Trinajstić information content (AvgIpc) is 3.02. The Balaban J connectivity index is 1.97. The summed E-state index contributed by atoms with van der Waals surface area (Å²) in [6.07, 6.45) is 3.78. The van der Waals surface area contributed by atoms with Crippen LogP contribution in [0.4, 0.5) is 0 Å². The van der Waals surface area contributed by atoms with Gasteiger partial charge in [-0.25, -0.2) is 0 Å². The molecule has 86 valence electrons. The van der Waals surface area contributed by atoms with Gasteiger partial charge in [-0.05, 0) is 32.2 Å². The molecule has 0 atom stereocenters. The van der Waals surface area contributed by atoms with Crippen molar-refractivity contribution in [2.45, 2.75) is 44.2 Å². The first-order chi connectivity index (χ1) is 7.16. The molecule has 0 amide bonds. The summed E-state index contributed by atoms with van der Waals surface area (Å²) in [5.41, 5.74) is -0.632. The van der Waals surface area contributed by atoms with Crippen molar-refractivity contribution < 1.29 is 9.90 Å². The average molecular weight is 212 g/mol. The molecular formula is C11H20N2O2. The van der Waals surface area contributed by atoms with Crippen LogP contribution in [0.25, 0.3) is 0 Å². The molecule has 15 heavy (non-hydrogen) atoms. The van der Waals surface area contributed by atoms with Crippen LogP contribution in [-0.2, 0) is 4.79 Å². The van der Waals surface area contributed by atoms with Crippen LogP contribution in [0.15, 0.2) is 0 Å². The van der Waals surface area contributed by atoms with E-state index in [4.69, 9.17) is 0 Å². The SMILES string of the molecule is CCN1CCC(NC2CC2)(C(=O)O)CC1. The molecule has 2 rings (SSSR count). The van der Waals surface area contributed by atoms with E-state index in [1.807, 2.05) is 0 Å². The molecule has 0 aromatic rings. The van der Waals surface area contributed by atoms with Gasteiger partial charge >= 0.3 is 5.97 Å². The van der Waals surface area contributed by atoms with Gasteiger partial charge in [-0.1, -0.05) is 6.92 Å². The summed E-state index contributed by atoms with van der Waals surface area (Å²) >= 11 is 0. The van der Waals surface area contributed by atoms with Crippen molar-refractivity contribution in [2.75, 3.05) is 19.6 Å². The summed E-state index contributed by atoms with van der Waals surface area (Å²) in [5.74, 6) is -0.662. The van der Waals surface area contributed by atoms with Gasteiger partial charge in [0.25, 0.3) is 0 Å². The second-order valence-corrected chi connectivity index (χ2v) is 4.74. The van der Waals surface area contributed by atoms with Gasteiger partial charge in [0, 0.05) is 19.1 Å². The second kappa shape index (κ2) is 4.10. The van der Waals surface area contributed by atoms with E-state index in [2.05, 4.69) is 17.1 Å². The molecule has 0 spiro atoms. The lowest BCUT2D eigenvalue weighted by atomic mass is 9.87. The molecule has 0 aromatic carbocycles. The molecule has 2 aliphatic rings. The molecule has 4 heteroatoms. The number of carboxylic acids is 1. The van der Waals surface area contributed by atoms with Crippen molar-refractivity contribution in [3.8, 4) is 0 Å². The van der Waals surface area contributed by atoms with Crippen molar-refractivity contribution in [2.24, 2.45) is 0 Å². The maximum Gasteiger partial charge on any atom is 0.324 e. The fraction of sp³-hybridized carbons (Fsp3) is 0.909. The third-order valence-corrected chi connectivity index (χ3v) is 3.62. The molecule has 0 aromatic heterocycles. The highest BCUT2D eigenvalue weighted by Gasteiger charge is 2.44. The van der Waals surface area contributed by atoms with E-state index in [9.17, 15) is 9.90 Å². The molecule has 1 heterocycles. The highest BCUT2D eigenvalue weighted by atomic mass is 16.4. The third kappa shape index (κ3) is 2.32. The van der Waals surface area contributed by atoms with Crippen LogP contribution in [-0.4, -0.2) is 47.2 Å². The largest absolute Gasteiger partial charge is 0.480 e. The molecular weight excluding hydrogens is 192 g/mol. The van der Waals surface area contributed by atoms with E-state index < -0.39 is 11.5 Å². The summed E-state index contributed by atoms with van der Waals surface area (Å²) in [7, 11) is 0. The zero-order valence-corrected chi connectivity index (χ0v) is 9.33. The van der Waals surface area contributed by atoms with E-state index in [0.29, 0.717) is 6.04 Å². The number of piperidine rings is 1. The molecule has 4 nitrogen and oxygen atoms in total. The van der Waals surface area contributed by atoms with Crippen LogP contribution >= 0.6 is 0 Å². The molecule has 1 aliphatic heterocycles. The maximum atomic E-state index is 11.4. The quantitative estimate of drug-likeness (QED) is 0.719. The minimum Gasteiger partial charge on any atom is -0.480 e. The van der Waals surface area contributed by atoms with Gasteiger partial charge in [0.1, 0.15) is 5.54 Å². The molecule has 1 aliphatic carbocycles. The summed E-state index contributed by atoms with van der Waals surface area (Å²) in [6, 6.07) is 0.467. The monoisotopic (exact) mass is 212 g/mol. The number of carbonyl (C=O) groups is 1. The summed E-state index contributed by atoms with van der Waals surface area (Å²) in [6.45, 7) is 4.96. The molecule has 1 saturated carbocycles. The number of carboxylic acid groups (broad SMARTS) is 1. The first-order valence-corrected chi connectivity index (χ1v) is 5.90. The minimum absolute atomic E-state index is 0.467. The summed E-state index contributed by atoms with van der Waals surface area (Å²) in [5, 5.41) is 12.7. The van der Waals surface area contributed by atoms with Gasteiger partial charge in [0.15, 0.2) is 0 Å². The van der Waals surface area contributed by atoms with E-state index >= 15 is 0 Å². The van der Waals surface area contributed by atoms with Crippen LogP contribution in [0, 0.1) is 0 Å². The normalized spacial score (nSPS) is 26.5. The fourth-order valence-corrected chi connectivity index (χ4v) is 2.29. The molecule has 0 radical (unpaired) electrons. The number of aliphatic carboxylic acids is 1. The number of likely N-dealkylation sites (tertiary alicyclic amines) is 1. The number of rotatable bonds is 4. The molecule has 0 unspecified atom stereocenters. The Morgan fingerprint density at radius 1 is 1.47 bits per heavy atom. The lowest BCUT2D eigenvalue weighted by molar-refractivity contribution is -0.147.